The highest BCUT2D eigenvalue weighted by atomic mass is 35.5. The molecule has 6 nitrogen and oxygen atoms in total. The zero-order valence-electron chi connectivity index (χ0n) is 10.7. The third-order valence-corrected chi connectivity index (χ3v) is 2.30. The first kappa shape index (κ1) is 17.6. The van der Waals surface area contributed by atoms with Gasteiger partial charge in [-0.1, -0.05) is 0 Å². The lowest BCUT2D eigenvalue weighted by Gasteiger charge is -2.15. The third kappa shape index (κ3) is 5.42. The first-order valence-electron chi connectivity index (χ1n) is 5.86. The van der Waals surface area contributed by atoms with Gasteiger partial charge < -0.3 is 31.2 Å². The number of rotatable bonds is 8. The van der Waals surface area contributed by atoms with Gasteiger partial charge in [-0.2, -0.15) is 0 Å². The van der Waals surface area contributed by atoms with E-state index in [-0.39, 0.29) is 25.6 Å². The van der Waals surface area contributed by atoms with Crippen LogP contribution < -0.4 is 20.9 Å². The zero-order chi connectivity index (χ0) is 13.4. The van der Waals surface area contributed by atoms with E-state index in [4.69, 9.17) is 31.2 Å². The van der Waals surface area contributed by atoms with Crippen molar-refractivity contribution in [3.05, 3.63) is 12.1 Å². The van der Waals surface area contributed by atoms with Crippen LogP contribution in [-0.2, 0) is 0 Å². The van der Waals surface area contributed by atoms with Crippen molar-refractivity contribution in [3.8, 4) is 11.5 Å². The Bertz CT molecular complexity index is 377. The Morgan fingerprint density at radius 3 is 2.11 bits per heavy atom. The molecule has 1 rings (SSSR count). The predicted octanol–water partition coefficient (Wildman–Crippen LogP) is 0.795. The maximum atomic E-state index is 8.69. The van der Waals surface area contributed by atoms with Gasteiger partial charge in [0.2, 0.25) is 0 Å². The highest BCUT2D eigenvalue weighted by Crippen LogP contribution is 2.37. The van der Waals surface area contributed by atoms with Crippen LogP contribution in [0, 0.1) is 0 Å². The molecular weight excluding hydrogens is 272 g/mol. The van der Waals surface area contributed by atoms with E-state index in [2.05, 4.69) is 0 Å². The van der Waals surface area contributed by atoms with Crippen molar-refractivity contribution in [3.63, 3.8) is 0 Å². The number of nitrogen functional groups attached to an aromatic ring is 2. The number of hydrogen-bond donors (Lipinski definition) is 4. The molecule has 0 saturated heterocycles. The SMILES string of the molecule is Cl.Nc1ccc(OCCCO)c(N)c1OCCCO. The van der Waals surface area contributed by atoms with Crippen molar-refractivity contribution >= 4 is 23.8 Å². The molecule has 0 unspecified atom stereocenters. The van der Waals surface area contributed by atoms with Crippen LogP contribution in [0.1, 0.15) is 12.8 Å². The Kier molecular flexibility index (Phi) is 8.86. The molecule has 0 aliphatic rings. The molecule has 0 atom stereocenters. The van der Waals surface area contributed by atoms with Gasteiger partial charge in [0.1, 0.15) is 11.4 Å². The molecule has 0 heterocycles. The topological polar surface area (TPSA) is 111 Å². The van der Waals surface area contributed by atoms with Crippen molar-refractivity contribution < 1.29 is 19.7 Å². The summed E-state index contributed by atoms with van der Waals surface area (Å²) in [7, 11) is 0. The fraction of sp³-hybridized carbons (Fsp3) is 0.500. The van der Waals surface area contributed by atoms with Crippen LogP contribution in [0.4, 0.5) is 11.4 Å². The largest absolute Gasteiger partial charge is 0.491 e. The van der Waals surface area contributed by atoms with Crippen LogP contribution >= 0.6 is 12.4 Å². The van der Waals surface area contributed by atoms with E-state index in [1.54, 1.807) is 12.1 Å². The number of nitrogens with two attached hydrogens (primary N) is 2. The summed E-state index contributed by atoms with van der Waals surface area (Å²) < 4.78 is 10.8. The van der Waals surface area contributed by atoms with Gasteiger partial charge in [0, 0.05) is 26.1 Å². The van der Waals surface area contributed by atoms with Gasteiger partial charge in [-0.25, -0.2) is 0 Å². The summed E-state index contributed by atoms with van der Waals surface area (Å²) in [4.78, 5) is 0. The molecule has 0 aromatic heterocycles. The molecule has 1 aromatic carbocycles. The van der Waals surface area contributed by atoms with E-state index in [1.807, 2.05) is 0 Å². The van der Waals surface area contributed by atoms with E-state index >= 15 is 0 Å². The molecule has 0 spiro atoms. The lowest BCUT2D eigenvalue weighted by molar-refractivity contribution is 0.229. The van der Waals surface area contributed by atoms with Crippen LogP contribution in [-0.4, -0.2) is 36.6 Å². The van der Waals surface area contributed by atoms with Gasteiger partial charge in [0.15, 0.2) is 5.75 Å². The van der Waals surface area contributed by atoms with E-state index in [1.165, 1.54) is 0 Å². The minimum atomic E-state index is 0. The molecule has 0 aliphatic heterocycles. The molecule has 0 radical (unpaired) electrons. The Balaban J connectivity index is 0.00000324. The van der Waals surface area contributed by atoms with Crippen molar-refractivity contribution in [2.45, 2.75) is 12.8 Å². The third-order valence-electron chi connectivity index (χ3n) is 2.30. The summed E-state index contributed by atoms with van der Waals surface area (Å²) >= 11 is 0. The summed E-state index contributed by atoms with van der Waals surface area (Å²) in [5, 5.41) is 17.4. The minimum absolute atomic E-state index is 0. The van der Waals surface area contributed by atoms with Crippen molar-refractivity contribution in [1.82, 2.24) is 0 Å². The van der Waals surface area contributed by atoms with Crippen molar-refractivity contribution in [2.75, 3.05) is 37.9 Å². The number of aliphatic hydroxyl groups is 2. The molecule has 7 heteroatoms. The lowest BCUT2D eigenvalue weighted by Crippen LogP contribution is -2.07. The molecule has 0 aliphatic carbocycles. The second-order valence-corrected chi connectivity index (χ2v) is 3.75. The summed E-state index contributed by atoms with van der Waals surface area (Å²) in [6.07, 6.45) is 1.04. The first-order chi connectivity index (χ1) is 8.70. The summed E-state index contributed by atoms with van der Waals surface area (Å²) in [6, 6.07) is 3.32. The number of benzene rings is 1. The highest BCUT2D eigenvalue weighted by molar-refractivity contribution is 5.85. The molecule has 6 N–H and O–H groups in total. The van der Waals surface area contributed by atoms with Crippen LogP contribution in [0.15, 0.2) is 12.1 Å². The second-order valence-electron chi connectivity index (χ2n) is 3.75. The average molecular weight is 293 g/mol. The standard InChI is InChI=1S/C12H20N2O4.ClH/c13-9-3-4-10(17-7-1-5-15)11(14)12(9)18-8-2-6-16;/h3-4,15-16H,1-2,5-8,13-14H2;1H. The van der Waals surface area contributed by atoms with Gasteiger partial charge in [0.05, 0.1) is 18.9 Å². The maximum Gasteiger partial charge on any atom is 0.168 e. The fourth-order valence-corrected chi connectivity index (χ4v) is 1.37. The van der Waals surface area contributed by atoms with Gasteiger partial charge in [-0.15, -0.1) is 12.4 Å². The van der Waals surface area contributed by atoms with Crippen LogP contribution in [0.3, 0.4) is 0 Å². The number of ether oxygens (including phenoxy) is 2. The number of anilines is 2. The molecule has 0 fully saturated rings. The van der Waals surface area contributed by atoms with Crippen molar-refractivity contribution in [2.24, 2.45) is 0 Å². The van der Waals surface area contributed by atoms with Gasteiger partial charge in [0.25, 0.3) is 0 Å². The Hall–Kier alpha value is -1.37. The molecule has 1 aromatic rings. The summed E-state index contributed by atoms with van der Waals surface area (Å²) in [5.74, 6) is 0.863. The van der Waals surface area contributed by atoms with E-state index < -0.39 is 0 Å². The lowest BCUT2D eigenvalue weighted by atomic mass is 10.2. The smallest absolute Gasteiger partial charge is 0.168 e. The van der Waals surface area contributed by atoms with E-state index in [0.29, 0.717) is 48.9 Å². The first-order valence-corrected chi connectivity index (χ1v) is 5.86. The molecule has 0 saturated carbocycles. The fourth-order valence-electron chi connectivity index (χ4n) is 1.37. The number of hydrogen-bond acceptors (Lipinski definition) is 6. The molecule has 110 valence electrons. The average Bonchev–Trinajstić information content (AvgIpc) is 2.36. The molecule has 0 amide bonds. The zero-order valence-corrected chi connectivity index (χ0v) is 11.5. The summed E-state index contributed by atoms with van der Waals surface area (Å²) in [6.45, 7) is 0.826. The summed E-state index contributed by atoms with van der Waals surface area (Å²) in [5.41, 5.74) is 12.4. The number of aliphatic hydroxyl groups excluding tert-OH is 2. The van der Waals surface area contributed by atoms with Crippen LogP contribution in [0.2, 0.25) is 0 Å². The predicted molar refractivity (Wildman–Crippen MR) is 76.9 cm³/mol. The van der Waals surface area contributed by atoms with Gasteiger partial charge in [-0.3, -0.25) is 0 Å². The molecular formula is C12H21ClN2O4. The van der Waals surface area contributed by atoms with E-state index in [9.17, 15) is 0 Å². The molecule has 0 bridgehead atoms. The maximum absolute atomic E-state index is 8.69. The van der Waals surface area contributed by atoms with Gasteiger partial charge >= 0.3 is 0 Å². The quantitative estimate of drug-likeness (QED) is 0.416. The van der Waals surface area contributed by atoms with Crippen LogP contribution in [0.5, 0.6) is 11.5 Å². The molecule has 19 heavy (non-hydrogen) atoms. The normalized spacial score (nSPS) is 9.79. The Morgan fingerprint density at radius 2 is 1.53 bits per heavy atom. The second kappa shape index (κ2) is 9.55. The highest BCUT2D eigenvalue weighted by Gasteiger charge is 2.11. The minimum Gasteiger partial charge on any atom is -0.491 e. The number of halogens is 1. The monoisotopic (exact) mass is 292 g/mol. The Morgan fingerprint density at radius 1 is 0.947 bits per heavy atom. The van der Waals surface area contributed by atoms with Crippen molar-refractivity contribution in [1.29, 1.82) is 0 Å². The Labute approximate surface area is 118 Å². The van der Waals surface area contributed by atoms with E-state index in [0.717, 1.165) is 0 Å². The van der Waals surface area contributed by atoms with Gasteiger partial charge in [-0.05, 0) is 12.1 Å². The van der Waals surface area contributed by atoms with Crippen LogP contribution in [0.25, 0.3) is 0 Å².